The molecule has 0 spiro atoms. The van der Waals surface area contributed by atoms with Gasteiger partial charge in [0, 0.05) is 0 Å². The SMILES string of the molecule is O=C(O)CC(O)(CC(=O)O)C(=O)O.[Fe+3]. The van der Waals surface area contributed by atoms with E-state index in [-0.39, 0.29) is 17.1 Å². The van der Waals surface area contributed by atoms with Gasteiger partial charge in [0.15, 0.2) is 5.60 Å². The number of carboxylic acids is 3. The number of hydrogen-bond donors (Lipinski definition) is 4. The third-order valence-corrected chi connectivity index (χ3v) is 1.29. The number of aliphatic carboxylic acids is 3. The average molecular weight is 248 g/mol. The molecule has 79 valence electrons. The molecule has 0 aliphatic heterocycles. The molecule has 0 fully saturated rings. The second-order valence-corrected chi connectivity index (χ2v) is 2.48. The van der Waals surface area contributed by atoms with Crippen molar-refractivity contribution < 1.29 is 51.9 Å². The van der Waals surface area contributed by atoms with Gasteiger partial charge in [-0.05, 0) is 0 Å². The Bertz CT molecular complexity index is 233. The van der Waals surface area contributed by atoms with Crippen molar-refractivity contribution in [3.63, 3.8) is 0 Å². The maximum Gasteiger partial charge on any atom is 3.00 e. The second-order valence-electron chi connectivity index (χ2n) is 2.48. The van der Waals surface area contributed by atoms with Crippen molar-refractivity contribution in [2.45, 2.75) is 18.4 Å². The molecule has 0 aromatic rings. The topological polar surface area (TPSA) is 132 Å². The summed E-state index contributed by atoms with van der Waals surface area (Å²) in [6, 6.07) is 0. The molecule has 0 aliphatic rings. The Morgan fingerprint density at radius 3 is 1.36 bits per heavy atom. The first-order valence-corrected chi connectivity index (χ1v) is 3.17. The molecule has 8 heteroatoms. The number of hydrogen-bond acceptors (Lipinski definition) is 4. The summed E-state index contributed by atoms with van der Waals surface area (Å²) in [6.45, 7) is 0. The fourth-order valence-electron chi connectivity index (χ4n) is 0.714. The van der Waals surface area contributed by atoms with Crippen LogP contribution in [0.3, 0.4) is 0 Å². The molecule has 0 rings (SSSR count). The molecule has 14 heavy (non-hydrogen) atoms. The molecule has 0 saturated heterocycles. The summed E-state index contributed by atoms with van der Waals surface area (Å²) in [5, 5.41) is 33.8. The van der Waals surface area contributed by atoms with Gasteiger partial charge in [-0.15, -0.1) is 0 Å². The van der Waals surface area contributed by atoms with Crippen LogP contribution in [0.2, 0.25) is 0 Å². The van der Waals surface area contributed by atoms with Crippen LogP contribution >= 0.6 is 0 Å². The zero-order valence-electron chi connectivity index (χ0n) is 6.78. The molecule has 7 nitrogen and oxygen atoms in total. The van der Waals surface area contributed by atoms with Gasteiger partial charge < -0.3 is 20.4 Å². The van der Waals surface area contributed by atoms with E-state index in [1.165, 1.54) is 0 Å². The molecule has 1 radical (unpaired) electrons. The van der Waals surface area contributed by atoms with Crippen LogP contribution in [-0.4, -0.2) is 43.9 Å². The number of carboxylic acid groups (broad SMARTS) is 3. The summed E-state index contributed by atoms with van der Waals surface area (Å²) < 4.78 is 0. The maximum absolute atomic E-state index is 10.3. The Hall–Kier alpha value is -1.11. The van der Waals surface area contributed by atoms with Crippen LogP contribution in [0.1, 0.15) is 12.8 Å². The number of aliphatic hydroxyl groups is 1. The summed E-state index contributed by atoms with van der Waals surface area (Å²) >= 11 is 0. The minimum atomic E-state index is -2.74. The van der Waals surface area contributed by atoms with Gasteiger partial charge in [-0.3, -0.25) is 9.59 Å². The molecular weight excluding hydrogens is 240 g/mol. The zero-order chi connectivity index (χ0) is 10.6. The Kier molecular flexibility index (Phi) is 6.13. The molecule has 0 aliphatic carbocycles. The molecular formula is C6H8FeO7+3. The van der Waals surface area contributed by atoms with Crippen LogP contribution in [-0.2, 0) is 31.5 Å². The second kappa shape index (κ2) is 5.58. The van der Waals surface area contributed by atoms with Gasteiger partial charge in [-0.1, -0.05) is 0 Å². The average Bonchev–Trinajstić information content (AvgIpc) is 1.82. The molecule has 0 aromatic heterocycles. The van der Waals surface area contributed by atoms with Gasteiger partial charge in [0.1, 0.15) is 0 Å². The van der Waals surface area contributed by atoms with E-state index >= 15 is 0 Å². The van der Waals surface area contributed by atoms with E-state index in [4.69, 9.17) is 20.4 Å². The number of carbonyl (C=O) groups is 3. The molecule has 0 bridgehead atoms. The van der Waals surface area contributed by atoms with Crippen molar-refractivity contribution in [1.29, 1.82) is 0 Å². The Morgan fingerprint density at radius 2 is 1.21 bits per heavy atom. The van der Waals surface area contributed by atoms with E-state index in [1.807, 2.05) is 0 Å². The maximum atomic E-state index is 10.3. The van der Waals surface area contributed by atoms with E-state index < -0.39 is 36.4 Å². The summed E-state index contributed by atoms with van der Waals surface area (Å²) in [4.78, 5) is 30.5. The van der Waals surface area contributed by atoms with Crippen molar-refractivity contribution in [2.24, 2.45) is 0 Å². The van der Waals surface area contributed by atoms with Gasteiger partial charge in [0.2, 0.25) is 0 Å². The first kappa shape index (κ1) is 15.4. The minimum Gasteiger partial charge on any atom is -0.481 e. The molecule has 4 N–H and O–H groups in total. The zero-order valence-corrected chi connectivity index (χ0v) is 7.89. The van der Waals surface area contributed by atoms with Crippen LogP contribution in [0.15, 0.2) is 0 Å². The fraction of sp³-hybridized carbons (Fsp3) is 0.500. The molecule has 0 heterocycles. The Labute approximate surface area is 88.8 Å². The van der Waals surface area contributed by atoms with E-state index in [0.717, 1.165) is 0 Å². The standard InChI is InChI=1S/C6H8O7.Fe/c7-3(8)1-6(13,5(11)12)2-4(9)10;/h13H,1-2H2,(H,7,8)(H,9,10)(H,11,12);/q;+3. The van der Waals surface area contributed by atoms with Crippen molar-refractivity contribution in [1.82, 2.24) is 0 Å². The first-order valence-electron chi connectivity index (χ1n) is 3.17. The largest absolute Gasteiger partial charge is 3.00 e. The third-order valence-electron chi connectivity index (χ3n) is 1.29. The van der Waals surface area contributed by atoms with E-state index in [1.54, 1.807) is 0 Å². The van der Waals surface area contributed by atoms with Gasteiger partial charge >= 0.3 is 35.0 Å². The quantitative estimate of drug-likeness (QED) is 0.446. The van der Waals surface area contributed by atoms with Crippen LogP contribution in [0, 0.1) is 0 Å². The van der Waals surface area contributed by atoms with E-state index in [0.29, 0.717) is 0 Å². The van der Waals surface area contributed by atoms with Gasteiger partial charge in [-0.2, -0.15) is 0 Å². The summed E-state index contributed by atoms with van der Waals surface area (Å²) in [5.41, 5.74) is -2.74. The van der Waals surface area contributed by atoms with Crippen LogP contribution in [0.25, 0.3) is 0 Å². The fourth-order valence-corrected chi connectivity index (χ4v) is 0.714. The van der Waals surface area contributed by atoms with Crippen LogP contribution in [0.4, 0.5) is 0 Å². The van der Waals surface area contributed by atoms with Crippen molar-refractivity contribution in [3.8, 4) is 0 Å². The third kappa shape index (κ3) is 4.80. The predicted octanol–water partition coefficient (Wildman–Crippen LogP) is -1.25. The summed E-state index contributed by atoms with van der Waals surface area (Å²) in [7, 11) is 0. The Balaban J connectivity index is 0. The minimum absolute atomic E-state index is 0. The summed E-state index contributed by atoms with van der Waals surface area (Å²) in [6.07, 6.45) is -2.29. The van der Waals surface area contributed by atoms with Gasteiger partial charge in [-0.25, -0.2) is 4.79 Å². The molecule has 0 amide bonds. The van der Waals surface area contributed by atoms with Gasteiger partial charge in [0.05, 0.1) is 12.8 Å². The van der Waals surface area contributed by atoms with Crippen LogP contribution in [0.5, 0.6) is 0 Å². The van der Waals surface area contributed by atoms with Crippen molar-refractivity contribution >= 4 is 17.9 Å². The van der Waals surface area contributed by atoms with Gasteiger partial charge in [0.25, 0.3) is 0 Å². The number of rotatable bonds is 5. The van der Waals surface area contributed by atoms with E-state index in [9.17, 15) is 14.4 Å². The predicted molar refractivity (Wildman–Crippen MR) is 37.1 cm³/mol. The van der Waals surface area contributed by atoms with E-state index in [2.05, 4.69) is 0 Å². The monoisotopic (exact) mass is 248 g/mol. The molecule has 0 unspecified atom stereocenters. The molecule has 0 aromatic carbocycles. The molecule has 0 saturated carbocycles. The first-order chi connectivity index (χ1) is 5.78. The normalized spacial score (nSPS) is 10.1. The van der Waals surface area contributed by atoms with Crippen LogP contribution < -0.4 is 0 Å². The Morgan fingerprint density at radius 1 is 0.929 bits per heavy atom. The summed E-state index contributed by atoms with van der Waals surface area (Å²) in [5.74, 6) is -5.02. The van der Waals surface area contributed by atoms with Crippen molar-refractivity contribution in [2.75, 3.05) is 0 Å². The molecule has 0 atom stereocenters. The smallest absolute Gasteiger partial charge is 0.481 e. The van der Waals surface area contributed by atoms with Crippen molar-refractivity contribution in [3.05, 3.63) is 0 Å².